The fourth-order valence-electron chi connectivity index (χ4n) is 2.65. The quantitative estimate of drug-likeness (QED) is 0.567. The average molecular weight is 293 g/mol. The van der Waals surface area contributed by atoms with Crippen LogP contribution in [0.3, 0.4) is 0 Å². The first-order valence-electron chi connectivity index (χ1n) is 7.87. The Kier molecular flexibility index (Phi) is 6.91. The Labute approximate surface area is 127 Å². The van der Waals surface area contributed by atoms with Crippen LogP contribution in [0.5, 0.6) is 0 Å². The van der Waals surface area contributed by atoms with E-state index in [0.29, 0.717) is 12.1 Å². The molecule has 2 unspecified atom stereocenters. The molecule has 1 N–H and O–H groups in total. The minimum atomic E-state index is 0.443. The molecule has 1 saturated heterocycles. The molecule has 0 saturated carbocycles. The summed E-state index contributed by atoms with van der Waals surface area (Å²) in [5.74, 6) is 1.20. The monoisotopic (exact) mass is 293 g/mol. The maximum absolute atomic E-state index is 5.65. The molecule has 0 bridgehead atoms. The third-order valence-corrected chi connectivity index (χ3v) is 4.95. The predicted octanol–water partition coefficient (Wildman–Crippen LogP) is 4.41. The van der Waals surface area contributed by atoms with Crippen molar-refractivity contribution in [2.24, 2.45) is 0 Å². The molecule has 20 heavy (non-hydrogen) atoms. The summed E-state index contributed by atoms with van der Waals surface area (Å²) in [6.45, 7) is 6.35. The van der Waals surface area contributed by atoms with E-state index < -0.39 is 0 Å². The molecular weight excluding hydrogens is 266 g/mol. The number of thioether (sulfide) groups is 1. The fourth-order valence-corrected chi connectivity index (χ4v) is 3.53. The van der Waals surface area contributed by atoms with E-state index in [-0.39, 0.29) is 0 Å². The highest BCUT2D eigenvalue weighted by atomic mass is 32.2. The van der Waals surface area contributed by atoms with Crippen molar-refractivity contribution in [3.8, 4) is 0 Å². The first-order chi connectivity index (χ1) is 9.79. The Morgan fingerprint density at radius 1 is 1.35 bits per heavy atom. The van der Waals surface area contributed by atoms with E-state index >= 15 is 0 Å². The summed E-state index contributed by atoms with van der Waals surface area (Å²) in [5.41, 5.74) is 1.37. The van der Waals surface area contributed by atoms with E-state index in [1.807, 2.05) is 11.8 Å². The predicted molar refractivity (Wildman–Crippen MR) is 87.5 cm³/mol. The van der Waals surface area contributed by atoms with Crippen LogP contribution >= 0.6 is 11.8 Å². The van der Waals surface area contributed by atoms with Gasteiger partial charge in [-0.1, -0.05) is 19.1 Å². The smallest absolute Gasteiger partial charge is 0.0576 e. The Balaban J connectivity index is 1.67. The Hall–Kier alpha value is -0.510. The molecule has 2 atom stereocenters. The molecule has 0 spiro atoms. The van der Waals surface area contributed by atoms with Crippen molar-refractivity contribution in [2.75, 3.05) is 18.9 Å². The Bertz CT molecular complexity index is 373. The van der Waals surface area contributed by atoms with E-state index in [2.05, 4.69) is 43.4 Å². The van der Waals surface area contributed by atoms with Crippen molar-refractivity contribution in [1.82, 2.24) is 5.32 Å². The number of benzene rings is 1. The second-order valence-electron chi connectivity index (χ2n) is 5.47. The van der Waals surface area contributed by atoms with Crippen LogP contribution in [0.2, 0.25) is 0 Å². The largest absolute Gasteiger partial charge is 0.378 e. The molecule has 0 amide bonds. The van der Waals surface area contributed by atoms with E-state index in [0.717, 1.165) is 13.2 Å². The number of nitrogens with one attached hydrogen (secondary N) is 1. The Morgan fingerprint density at radius 2 is 2.15 bits per heavy atom. The lowest BCUT2D eigenvalue weighted by Gasteiger charge is -2.13. The Morgan fingerprint density at radius 3 is 2.80 bits per heavy atom. The van der Waals surface area contributed by atoms with Crippen LogP contribution in [-0.2, 0) is 4.74 Å². The summed E-state index contributed by atoms with van der Waals surface area (Å²) in [7, 11) is 0. The van der Waals surface area contributed by atoms with Gasteiger partial charge in [-0.3, -0.25) is 0 Å². The van der Waals surface area contributed by atoms with E-state index in [1.54, 1.807) is 0 Å². The maximum atomic E-state index is 5.65. The van der Waals surface area contributed by atoms with Gasteiger partial charge in [0.1, 0.15) is 0 Å². The second kappa shape index (κ2) is 8.71. The zero-order valence-electron chi connectivity index (χ0n) is 12.7. The van der Waals surface area contributed by atoms with E-state index in [4.69, 9.17) is 4.74 Å². The summed E-state index contributed by atoms with van der Waals surface area (Å²) < 4.78 is 5.65. The maximum Gasteiger partial charge on any atom is 0.0576 e. The van der Waals surface area contributed by atoms with Gasteiger partial charge in [-0.25, -0.2) is 0 Å². The molecule has 1 aromatic rings. The molecule has 1 aliphatic heterocycles. The van der Waals surface area contributed by atoms with Crippen LogP contribution in [-0.4, -0.2) is 25.0 Å². The summed E-state index contributed by atoms with van der Waals surface area (Å²) in [6, 6.07) is 9.43. The van der Waals surface area contributed by atoms with Crippen molar-refractivity contribution in [1.29, 1.82) is 0 Å². The zero-order valence-corrected chi connectivity index (χ0v) is 13.5. The molecule has 3 heteroatoms. The summed E-state index contributed by atoms with van der Waals surface area (Å²) in [5, 5.41) is 3.44. The molecule has 1 fully saturated rings. The third kappa shape index (κ3) is 5.12. The summed E-state index contributed by atoms with van der Waals surface area (Å²) in [4.78, 5) is 1.38. The van der Waals surface area contributed by atoms with Gasteiger partial charge in [-0.15, -0.1) is 11.8 Å². The molecule has 1 heterocycles. The summed E-state index contributed by atoms with van der Waals surface area (Å²) >= 11 is 1.96. The molecule has 0 aromatic heterocycles. The second-order valence-corrected chi connectivity index (χ2v) is 6.64. The van der Waals surface area contributed by atoms with Crippen molar-refractivity contribution in [3.63, 3.8) is 0 Å². The standard InChI is InChI=1S/C17H27NOS/c1-3-18-14(2)15-8-10-17(11-9-15)20-13-5-7-16-6-4-12-19-16/h8-11,14,16,18H,3-7,12-13H2,1-2H3. The van der Waals surface area contributed by atoms with Gasteiger partial charge in [0, 0.05) is 17.5 Å². The first-order valence-corrected chi connectivity index (χ1v) is 8.86. The average Bonchev–Trinajstić information content (AvgIpc) is 2.98. The molecule has 0 aliphatic carbocycles. The highest BCUT2D eigenvalue weighted by Crippen LogP contribution is 2.24. The molecule has 112 valence electrons. The fraction of sp³-hybridized carbons (Fsp3) is 0.647. The third-order valence-electron chi connectivity index (χ3n) is 3.85. The van der Waals surface area contributed by atoms with Gasteiger partial charge in [0.25, 0.3) is 0 Å². The lowest BCUT2D eigenvalue weighted by atomic mass is 10.1. The lowest BCUT2D eigenvalue weighted by molar-refractivity contribution is 0.104. The first kappa shape index (κ1) is 15.9. The molecular formula is C17H27NOS. The highest BCUT2D eigenvalue weighted by Gasteiger charge is 2.14. The highest BCUT2D eigenvalue weighted by molar-refractivity contribution is 7.99. The van der Waals surface area contributed by atoms with Crippen LogP contribution in [0.4, 0.5) is 0 Å². The number of ether oxygens (including phenoxy) is 1. The summed E-state index contributed by atoms with van der Waals surface area (Å²) in [6.07, 6.45) is 5.54. The van der Waals surface area contributed by atoms with Gasteiger partial charge in [0.05, 0.1) is 6.10 Å². The van der Waals surface area contributed by atoms with Crippen LogP contribution in [0.25, 0.3) is 0 Å². The van der Waals surface area contributed by atoms with Gasteiger partial charge in [0.2, 0.25) is 0 Å². The minimum absolute atomic E-state index is 0.443. The van der Waals surface area contributed by atoms with Crippen molar-refractivity contribution in [2.45, 2.75) is 56.6 Å². The van der Waals surface area contributed by atoms with Crippen LogP contribution in [0.1, 0.15) is 51.1 Å². The van der Waals surface area contributed by atoms with Gasteiger partial charge in [-0.05, 0) is 62.6 Å². The van der Waals surface area contributed by atoms with E-state index in [1.165, 1.54) is 41.9 Å². The lowest BCUT2D eigenvalue weighted by Crippen LogP contribution is -2.17. The van der Waals surface area contributed by atoms with Gasteiger partial charge in [0.15, 0.2) is 0 Å². The van der Waals surface area contributed by atoms with E-state index in [9.17, 15) is 0 Å². The van der Waals surface area contributed by atoms with Gasteiger partial charge in [-0.2, -0.15) is 0 Å². The van der Waals surface area contributed by atoms with Gasteiger partial charge < -0.3 is 10.1 Å². The van der Waals surface area contributed by atoms with Crippen molar-refractivity contribution in [3.05, 3.63) is 29.8 Å². The molecule has 2 nitrogen and oxygen atoms in total. The van der Waals surface area contributed by atoms with Crippen molar-refractivity contribution < 1.29 is 4.74 Å². The molecule has 0 radical (unpaired) electrons. The van der Waals surface area contributed by atoms with Gasteiger partial charge >= 0.3 is 0 Å². The minimum Gasteiger partial charge on any atom is -0.378 e. The normalized spacial score (nSPS) is 20.2. The van der Waals surface area contributed by atoms with Crippen LogP contribution in [0, 0.1) is 0 Å². The zero-order chi connectivity index (χ0) is 14.2. The van der Waals surface area contributed by atoms with Crippen molar-refractivity contribution >= 4 is 11.8 Å². The molecule has 1 aromatic carbocycles. The van der Waals surface area contributed by atoms with Crippen LogP contribution in [0.15, 0.2) is 29.2 Å². The number of rotatable bonds is 8. The topological polar surface area (TPSA) is 21.3 Å². The SMILES string of the molecule is CCNC(C)c1ccc(SCCCC2CCCO2)cc1. The molecule has 1 aliphatic rings. The molecule has 2 rings (SSSR count). The van der Waals surface area contributed by atoms with Crippen LogP contribution < -0.4 is 5.32 Å². The number of hydrogen-bond acceptors (Lipinski definition) is 3. The number of hydrogen-bond donors (Lipinski definition) is 1.